The van der Waals surface area contributed by atoms with Crippen LogP contribution in [0.4, 0.5) is 0 Å². The van der Waals surface area contributed by atoms with Gasteiger partial charge in [-0.2, -0.15) is 5.26 Å². The van der Waals surface area contributed by atoms with Crippen molar-refractivity contribution < 1.29 is 9.53 Å². The Bertz CT molecular complexity index is 454. The van der Waals surface area contributed by atoms with Gasteiger partial charge in [-0.1, -0.05) is 11.6 Å². The third kappa shape index (κ3) is 2.97. The summed E-state index contributed by atoms with van der Waals surface area (Å²) in [7, 11) is 0. The molecular weight excluding hydrogens is 293 g/mol. The maximum atomic E-state index is 11.3. The van der Waals surface area contributed by atoms with Crippen LogP contribution in [0.2, 0.25) is 5.02 Å². The highest BCUT2D eigenvalue weighted by atomic mass is 79.9. The molecule has 0 heterocycles. The second-order valence-electron chi connectivity index (χ2n) is 2.98. The van der Waals surface area contributed by atoms with Crippen molar-refractivity contribution in [2.45, 2.75) is 13.3 Å². The highest BCUT2D eigenvalue weighted by Gasteiger charge is 2.14. The van der Waals surface area contributed by atoms with Crippen LogP contribution in [0.25, 0.3) is 0 Å². The van der Waals surface area contributed by atoms with Crippen molar-refractivity contribution in [1.29, 1.82) is 5.26 Å². The van der Waals surface area contributed by atoms with Gasteiger partial charge in [-0.3, -0.25) is 4.79 Å². The molecule has 0 aliphatic rings. The van der Waals surface area contributed by atoms with Crippen LogP contribution in [0.15, 0.2) is 16.6 Å². The number of benzene rings is 1. The van der Waals surface area contributed by atoms with E-state index >= 15 is 0 Å². The zero-order chi connectivity index (χ0) is 12.1. The van der Waals surface area contributed by atoms with E-state index in [1.165, 1.54) is 0 Å². The van der Waals surface area contributed by atoms with Crippen LogP contribution in [0.3, 0.4) is 0 Å². The van der Waals surface area contributed by atoms with Crippen LogP contribution >= 0.6 is 27.5 Å². The number of nitriles is 1. The lowest BCUT2D eigenvalue weighted by Gasteiger charge is -2.07. The Morgan fingerprint density at radius 3 is 2.88 bits per heavy atom. The molecule has 0 fully saturated rings. The molecule has 16 heavy (non-hydrogen) atoms. The molecular formula is C11H9BrClNO2. The smallest absolute Gasteiger partial charge is 0.310 e. The quantitative estimate of drug-likeness (QED) is 0.806. The third-order valence-electron chi connectivity index (χ3n) is 1.94. The summed E-state index contributed by atoms with van der Waals surface area (Å²) in [4.78, 5) is 11.3. The van der Waals surface area contributed by atoms with Gasteiger partial charge in [-0.15, -0.1) is 0 Å². The lowest BCUT2D eigenvalue weighted by atomic mass is 10.1. The lowest BCUT2D eigenvalue weighted by Crippen LogP contribution is -2.09. The summed E-state index contributed by atoms with van der Waals surface area (Å²) in [6.45, 7) is 2.04. The molecule has 1 rings (SSSR count). The average molecular weight is 303 g/mol. The van der Waals surface area contributed by atoms with Gasteiger partial charge in [-0.25, -0.2) is 0 Å². The fraction of sp³-hybridized carbons (Fsp3) is 0.273. The predicted molar refractivity (Wildman–Crippen MR) is 64.2 cm³/mol. The molecule has 0 aliphatic carbocycles. The van der Waals surface area contributed by atoms with Crippen molar-refractivity contribution in [3.05, 3.63) is 32.8 Å². The zero-order valence-corrected chi connectivity index (χ0v) is 10.9. The number of rotatable bonds is 3. The van der Waals surface area contributed by atoms with Gasteiger partial charge in [-0.05, 0) is 35.0 Å². The van der Waals surface area contributed by atoms with Crippen LogP contribution in [0.1, 0.15) is 18.1 Å². The van der Waals surface area contributed by atoms with E-state index in [1.54, 1.807) is 19.1 Å². The zero-order valence-electron chi connectivity index (χ0n) is 8.59. The molecule has 0 N–H and O–H groups in total. The highest BCUT2D eigenvalue weighted by Crippen LogP contribution is 2.27. The standard InChI is InChI=1S/C11H9BrClNO2/c1-2-16-11(15)5-7-8(6-14)9(12)3-4-10(7)13/h3-4H,2,5H2,1H3. The van der Waals surface area contributed by atoms with E-state index in [2.05, 4.69) is 15.9 Å². The second kappa shape index (κ2) is 5.88. The largest absolute Gasteiger partial charge is 0.466 e. The Hall–Kier alpha value is -1.05. The van der Waals surface area contributed by atoms with Crippen molar-refractivity contribution in [3.8, 4) is 6.07 Å². The van der Waals surface area contributed by atoms with E-state index in [4.69, 9.17) is 21.6 Å². The van der Waals surface area contributed by atoms with Crippen molar-refractivity contribution in [2.75, 3.05) is 6.61 Å². The molecule has 0 atom stereocenters. The van der Waals surface area contributed by atoms with Gasteiger partial charge in [0, 0.05) is 15.1 Å². The number of esters is 1. The summed E-state index contributed by atoms with van der Waals surface area (Å²) >= 11 is 9.18. The Labute approximate surface area is 107 Å². The van der Waals surface area contributed by atoms with Crippen molar-refractivity contribution in [2.24, 2.45) is 0 Å². The number of carbonyl (C=O) groups is 1. The number of hydrogen-bond donors (Lipinski definition) is 0. The number of nitrogens with zero attached hydrogens (tertiary/aromatic N) is 1. The third-order valence-corrected chi connectivity index (χ3v) is 2.96. The first kappa shape index (κ1) is 13.0. The van der Waals surface area contributed by atoms with Gasteiger partial charge < -0.3 is 4.74 Å². The topological polar surface area (TPSA) is 50.1 Å². The van der Waals surface area contributed by atoms with Crippen molar-refractivity contribution in [3.63, 3.8) is 0 Å². The average Bonchev–Trinajstić information content (AvgIpc) is 2.24. The Morgan fingerprint density at radius 1 is 1.62 bits per heavy atom. The van der Waals surface area contributed by atoms with E-state index in [9.17, 15) is 4.79 Å². The molecule has 1 aromatic carbocycles. The highest BCUT2D eigenvalue weighted by molar-refractivity contribution is 9.10. The molecule has 0 spiro atoms. The first-order valence-electron chi connectivity index (χ1n) is 4.62. The van der Waals surface area contributed by atoms with Crippen molar-refractivity contribution in [1.82, 2.24) is 0 Å². The number of halogens is 2. The molecule has 0 saturated heterocycles. The number of carbonyl (C=O) groups excluding carboxylic acids is 1. The minimum absolute atomic E-state index is 0.00894. The summed E-state index contributed by atoms with van der Waals surface area (Å²) in [5.41, 5.74) is 0.873. The summed E-state index contributed by atoms with van der Waals surface area (Å²) in [6.07, 6.45) is 0.00894. The van der Waals surface area contributed by atoms with Crippen LogP contribution in [0, 0.1) is 11.3 Å². The van der Waals surface area contributed by atoms with Gasteiger partial charge in [0.1, 0.15) is 6.07 Å². The molecule has 0 aliphatic heterocycles. The minimum Gasteiger partial charge on any atom is -0.466 e. The Balaban J connectivity index is 3.08. The van der Waals surface area contributed by atoms with Crippen LogP contribution < -0.4 is 0 Å². The molecule has 1 aromatic rings. The monoisotopic (exact) mass is 301 g/mol. The molecule has 0 radical (unpaired) electrons. The number of ether oxygens (including phenoxy) is 1. The summed E-state index contributed by atoms with van der Waals surface area (Å²) < 4.78 is 5.44. The van der Waals surface area contributed by atoms with E-state index in [-0.39, 0.29) is 12.4 Å². The maximum Gasteiger partial charge on any atom is 0.310 e. The molecule has 5 heteroatoms. The van der Waals surface area contributed by atoms with E-state index in [1.807, 2.05) is 6.07 Å². The minimum atomic E-state index is -0.390. The molecule has 0 saturated carbocycles. The van der Waals surface area contributed by atoms with Crippen LogP contribution in [0.5, 0.6) is 0 Å². The normalized spacial score (nSPS) is 9.62. The van der Waals surface area contributed by atoms with Crippen LogP contribution in [-0.4, -0.2) is 12.6 Å². The maximum absolute atomic E-state index is 11.3. The van der Waals surface area contributed by atoms with E-state index in [0.29, 0.717) is 27.2 Å². The SMILES string of the molecule is CCOC(=O)Cc1c(Cl)ccc(Br)c1C#N. The first-order chi connectivity index (χ1) is 7.60. The Morgan fingerprint density at radius 2 is 2.31 bits per heavy atom. The molecule has 0 bridgehead atoms. The molecule has 0 unspecified atom stereocenters. The van der Waals surface area contributed by atoms with Gasteiger partial charge in [0.25, 0.3) is 0 Å². The van der Waals surface area contributed by atoms with Gasteiger partial charge in [0.15, 0.2) is 0 Å². The molecule has 0 aromatic heterocycles. The molecule has 84 valence electrons. The summed E-state index contributed by atoms with van der Waals surface area (Å²) in [5, 5.41) is 9.37. The van der Waals surface area contributed by atoms with E-state index in [0.717, 1.165) is 0 Å². The molecule has 3 nitrogen and oxygen atoms in total. The van der Waals surface area contributed by atoms with Gasteiger partial charge in [0.2, 0.25) is 0 Å². The van der Waals surface area contributed by atoms with Gasteiger partial charge in [0.05, 0.1) is 18.6 Å². The van der Waals surface area contributed by atoms with Gasteiger partial charge >= 0.3 is 5.97 Å². The van der Waals surface area contributed by atoms with E-state index < -0.39 is 0 Å². The van der Waals surface area contributed by atoms with Crippen LogP contribution in [-0.2, 0) is 16.0 Å². The number of hydrogen-bond acceptors (Lipinski definition) is 3. The fourth-order valence-corrected chi connectivity index (χ4v) is 1.93. The predicted octanol–water partition coefficient (Wildman–Crippen LogP) is 3.08. The van der Waals surface area contributed by atoms with Crippen molar-refractivity contribution >= 4 is 33.5 Å². The second-order valence-corrected chi connectivity index (χ2v) is 4.24. The summed E-state index contributed by atoms with van der Waals surface area (Å²) in [6, 6.07) is 5.33. The Kier molecular flexibility index (Phi) is 4.78. The summed E-state index contributed by atoms with van der Waals surface area (Å²) in [5.74, 6) is -0.390. The first-order valence-corrected chi connectivity index (χ1v) is 5.79. The lowest BCUT2D eigenvalue weighted by molar-refractivity contribution is -0.142. The molecule has 0 amide bonds. The fourth-order valence-electron chi connectivity index (χ4n) is 1.24.